The van der Waals surface area contributed by atoms with Crippen molar-refractivity contribution in [3.63, 3.8) is 0 Å². The number of nitrogens with zero attached hydrogens (tertiary/aromatic N) is 1. The van der Waals surface area contributed by atoms with Gasteiger partial charge in [-0.2, -0.15) is 0 Å². The Kier molecular flexibility index (Phi) is 44.8. The van der Waals surface area contributed by atoms with Gasteiger partial charge in [0.25, 0.3) is 0 Å². The summed E-state index contributed by atoms with van der Waals surface area (Å²) < 4.78 is 10.4. The van der Waals surface area contributed by atoms with Crippen molar-refractivity contribution in [1.29, 1.82) is 0 Å². The van der Waals surface area contributed by atoms with Crippen molar-refractivity contribution in [2.24, 2.45) is 11.7 Å². The van der Waals surface area contributed by atoms with Crippen LogP contribution >= 0.6 is 0 Å². The molecule has 2 amide bonds. The largest absolute Gasteiger partial charge is 2.00 e. The van der Waals surface area contributed by atoms with Gasteiger partial charge in [-0.1, -0.05) is 81.8 Å². The first-order valence-electron chi connectivity index (χ1n) is 15.1. The maximum absolute atomic E-state index is 10.5. The molecular formula is C31H62N6O4Pt. The maximum Gasteiger partial charge on any atom is 2.00 e. The van der Waals surface area contributed by atoms with Crippen LogP contribution in [0, 0.1) is 12.8 Å². The van der Waals surface area contributed by atoms with Crippen LogP contribution in [0.5, 0.6) is 0 Å². The van der Waals surface area contributed by atoms with E-state index in [1.54, 1.807) is 0 Å². The van der Waals surface area contributed by atoms with Gasteiger partial charge in [0.2, 0.25) is 12.3 Å². The van der Waals surface area contributed by atoms with E-state index in [-0.39, 0.29) is 33.1 Å². The molecule has 2 aliphatic rings. The summed E-state index contributed by atoms with van der Waals surface area (Å²) in [4.78, 5) is 20.4. The summed E-state index contributed by atoms with van der Waals surface area (Å²) in [5.41, 5.74) is 6.96. The normalized spacial score (nSPS) is 14.0. The van der Waals surface area contributed by atoms with Crippen molar-refractivity contribution in [2.75, 3.05) is 66.2 Å². The monoisotopic (exact) mass is 777 g/mol. The summed E-state index contributed by atoms with van der Waals surface area (Å²) in [5.74, 6) is 0.640. The minimum Gasteiger partial charge on any atom is -0.693 e. The molecule has 2 fully saturated rings. The Balaban J connectivity index is -0.000000228. The third-order valence-corrected chi connectivity index (χ3v) is 5.96. The number of benzene rings is 1. The molecule has 11 heteroatoms. The molecule has 1 heterocycles. The Labute approximate surface area is 271 Å². The number of aryl methyl sites for hydroxylation is 1. The molecule has 10 nitrogen and oxygen atoms in total. The first kappa shape index (κ1) is 47.5. The number of rotatable bonds is 12. The molecule has 0 radical (unpaired) electrons. The third kappa shape index (κ3) is 38.6. The predicted octanol–water partition coefficient (Wildman–Crippen LogP) is 4.90. The van der Waals surface area contributed by atoms with E-state index >= 15 is 0 Å². The molecule has 7 N–H and O–H groups in total. The first-order chi connectivity index (χ1) is 19.5. The molecule has 1 saturated carbocycles. The Bertz CT molecular complexity index is 650. The molecule has 42 heavy (non-hydrogen) atoms. The van der Waals surface area contributed by atoms with Crippen LogP contribution in [0.1, 0.15) is 71.3 Å². The van der Waals surface area contributed by atoms with Crippen LogP contribution < -0.4 is 21.7 Å². The minimum atomic E-state index is -0.0288. The molecule has 0 bridgehead atoms. The number of piperidine rings is 1. The molecule has 0 spiro atoms. The second-order valence-electron chi connectivity index (χ2n) is 9.50. The van der Waals surface area contributed by atoms with Gasteiger partial charge < -0.3 is 42.6 Å². The summed E-state index contributed by atoms with van der Waals surface area (Å²) in [6.07, 6.45) is 9.71. The van der Waals surface area contributed by atoms with Crippen LogP contribution in [-0.4, -0.2) is 84.6 Å². The van der Waals surface area contributed by atoms with Crippen molar-refractivity contribution >= 4 is 12.3 Å². The summed E-state index contributed by atoms with van der Waals surface area (Å²) in [6, 6.07) is 10.8. The minimum absolute atomic E-state index is 0. The number of carbonyl (C=O) groups excluding carboxylic acids is 2. The third-order valence-electron chi connectivity index (χ3n) is 5.96. The second-order valence-corrected chi connectivity index (χ2v) is 9.50. The molecule has 1 aliphatic carbocycles. The van der Waals surface area contributed by atoms with E-state index in [9.17, 15) is 9.59 Å². The van der Waals surface area contributed by atoms with Gasteiger partial charge in [0, 0.05) is 32.6 Å². The molecular weight excluding hydrogens is 715 g/mol. The SMILES string of the molecule is CC.CNCCOCCOCCNC(C)=O.Cc1ccccc1.NC1CCCCC1.O=CNCC1CC[N-]CC1.[NH2-].[Pt+2]. The predicted molar refractivity (Wildman–Crippen MR) is 173 cm³/mol. The van der Waals surface area contributed by atoms with Gasteiger partial charge in [-0.05, 0) is 32.7 Å². The number of hydrogen-bond donors (Lipinski definition) is 4. The van der Waals surface area contributed by atoms with Crippen molar-refractivity contribution < 1.29 is 40.1 Å². The van der Waals surface area contributed by atoms with Crippen LogP contribution in [0.15, 0.2) is 30.3 Å². The zero-order valence-electron chi connectivity index (χ0n) is 27.0. The molecule has 0 unspecified atom stereocenters. The van der Waals surface area contributed by atoms with Crippen LogP contribution in [0.3, 0.4) is 0 Å². The van der Waals surface area contributed by atoms with Crippen LogP contribution in [0.4, 0.5) is 0 Å². The van der Waals surface area contributed by atoms with Crippen molar-refractivity contribution in [2.45, 2.75) is 78.7 Å². The smallest absolute Gasteiger partial charge is 0.693 e. The van der Waals surface area contributed by atoms with Crippen LogP contribution in [-0.2, 0) is 40.1 Å². The molecule has 1 aliphatic heterocycles. The van der Waals surface area contributed by atoms with E-state index < -0.39 is 0 Å². The Hall–Kier alpha value is -1.39. The van der Waals surface area contributed by atoms with Gasteiger partial charge in [-0.25, -0.2) is 0 Å². The zero-order valence-corrected chi connectivity index (χ0v) is 29.3. The van der Waals surface area contributed by atoms with Gasteiger partial charge in [0.05, 0.1) is 26.4 Å². The average Bonchev–Trinajstić information content (AvgIpc) is 2.98. The summed E-state index contributed by atoms with van der Waals surface area (Å²) in [6.45, 7) is 14.2. The number of nitrogens with two attached hydrogens (primary N) is 2. The standard InChI is InChI=1S/C9H20N2O3.C7H13N2O.C7H8.C6H13N.C2H6.H2N.Pt/c1-9(12)11-4-6-14-8-7-13-5-3-10-2;10-6-9-5-7-1-3-8-4-2-7;1-7-5-3-2-4-6-7;7-6-4-2-1-3-5-6;1-2;;/h10H,3-8H2,1-2H3,(H,11,12);6-7H,1-5H2,(H,9,10);2-6H,1H3;6H,1-5,7H2;1-2H3;1H2;/q;-1;;;;-1;+2. The average molecular weight is 778 g/mol. The van der Waals surface area contributed by atoms with Gasteiger partial charge in [-0.3, -0.25) is 9.59 Å². The Morgan fingerprint density at radius 1 is 0.952 bits per heavy atom. The van der Waals surface area contributed by atoms with Gasteiger partial charge in [0.1, 0.15) is 0 Å². The fourth-order valence-corrected chi connectivity index (χ4v) is 3.69. The van der Waals surface area contributed by atoms with E-state index in [2.05, 4.69) is 40.3 Å². The van der Waals surface area contributed by atoms with Gasteiger partial charge >= 0.3 is 21.1 Å². The van der Waals surface area contributed by atoms with E-state index in [4.69, 9.17) is 15.2 Å². The fraction of sp³-hybridized carbons (Fsp3) is 0.742. The maximum atomic E-state index is 10.5. The van der Waals surface area contributed by atoms with E-state index in [1.807, 2.05) is 39.1 Å². The van der Waals surface area contributed by atoms with E-state index in [0.29, 0.717) is 44.9 Å². The molecule has 1 aromatic rings. The molecule has 3 rings (SSSR count). The van der Waals surface area contributed by atoms with Crippen molar-refractivity contribution in [3.8, 4) is 0 Å². The quantitative estimate of drug-likeness (QED) is 0.174. The van der Waals surface area contributed by atoms with Crippen molar-refractivity contribution in [1.82, 2.24) is 16.0 Å². The van der Waals surface area contributed by atoms with Gasteiger partial charge in [0.15, 0.2) is 0 Å². The van der Waals surface area contributed by atoms with Crippen molar-refractivity contribution in [3.05, 3.63) is 47.4 Å². The second kappa shape index (κ2) is 39.6. The number of nitrogens with one attached hydrogen (secondary N) is 3. The summed E-state index contributed by atoms with van der Waals surface area (Å²) >= 11 is 0. The number of amides is 2. The summed E-state index contributed by atoms with van der Waals surface area (Å²) in [7, 11) is 1.88. The van der Waals surface area contributed by atoms with Gasteiger partial charge in [-0.15, -0.1) is 13.1 Å². The summed E-state index contributed by atoms with van der Waals surface area (Å²) in [5, 5.41) is 12.5. The molecule has 250 valence electrons. The molecule has 0 aromatic heterocycles. The van der Waals surface area contributed by atoms with E-state index in [0.717, 1.165) is 45.4 Å². The van der Waals surface area contributed by atoms with E-state index in [1.165, 1.54) is 44.6 Å². The molecule has 0 atom stereocenters. The zero-order chi connectivity index (χ0) is 30.1. The number of likely N-dealkylation sites (N-methyl/N-ethyl adjacent to an activating group) is 1. The molecule has 1 aromatic carbocycles. The Morgan fingerprint density at radius 3 is 1.90 bits per heavy atom. The topological polar surface area (TPSA) is 162 Å². The van der Waals surface area contributed by atoms with Crippen LogP contribution in [0.2, 0.25) is 0 Å². The van der Waals surface area contributed by atoms with Crippen LogP contribution in [0.25, 0.3) is 11.5 Å². The number of hydrogen-bond acceptors (Lipinski definition) is 6. The fourth-order valence-electron chi connectivity index (χ4n) is 3.69. The Morgan fingerprint density at radius 2 is 1.50 bits per heavy atom. The number of carbonyl (C=O) groups is 2. The number of ether oxygens (including phenoxy) is 2. The first-order valence-corrected chi connectivity index (χ1v) is 15.1. The molecule has 1 saturated heterocycles.